The van der Waals surface area contributed by atoms with Crippen molar-refractivity contribution in [3.8, 4) is 0 Å². The fourth-order valence-electron chi connectivity index (χ4n) is 1.67. The minimum atomic E-state index is -3.39. The Morgan fingerprint density at radius 3 is 2.89 bits per heavy atom. The van der Waals surface area contributed by atoms with Gasteiger partial charge in [-0.3, -0.25) is 4.72 Å². The van der Waals surface area contributed by atoms with Crippen LogP contribution in [0, 0.1) is 12.8 Å². The number of anilines is 1. The summed E-state index contributed by atoms with van der Waals surface area (Å²) >= 11 is 6.98. The third kappa shape index (κ3) is 3.81. The van der Waals surface area contributed by atoms with Crippen molar-refractivity contribution in [3.63, 3.8) is 0 Å². The normalized spacial score (nSPS) is 13.6. The molecule has 1 aromatic carbocycles. The summed E-state index contributed by atoms with van der Waals surface area (Å²) in [6.45, 7) is 3.79. The van der Waals surface area contributed by atoms with Crippen molar-refractivity contribution >= 4 is 48.3 Å². The molecule has 0 saturated heterocycles. The average Bonchev–Trinajstić information content (AvgIpc) is 2.68. The molecular formula is C12H15ClN2O2S2. The number of aryl methyl sites for hydroxylation is 1. The molecule has 0 aliphatic heterocycles. The van der Waals surface area contributed by atoms with Crippen LogP contribution in [-0.2, 0) is 10.0 Å². The van der Waals surface area contributed by atoms with Gasteiger partial charge in [-0.25, -0.2) is 13.4 Å². The average molecular weight is 319 g/mol. The number of fused-ring (bicyclic) bond motifs is 1. The van der Waals surface area contributed by atoms with Crippen molar-refractivity contribution in [3.05, 3.63) is 23.8 Å². The van der Waals surface area contributed by atoms with E-state index in [1.807, 2.05) is 25.1 Å². The number of thiazole rings is 1. The molecule has 0 bridgehead atoms. The standard InChI is InChI=1S/C12H15ClN2O2S2/c1-8-3-4-10-11(5-8)18-12(14-10)15-19(16,17)7-9(2)6-13/h3-5,9H,6-7H2,1-2H3,(H,14,15). The van der Waals surface area contributed by atoms with Crippen LogP contribution in [0.25, 0.3) is 10.2 Å². The third-order valence-corrected chi connectivity index (χ3v) is 5.66. The Labute approximate surface area is 121 Å². The number of sulfonamides is 1. The van der Waals surface area contributed by atoms with E-state index in [0.717, 1.165) is 15.8 Å². The number of aromatic nitrogens is 1. The molecule has 1 unspecified atom stereocenters. The number of hydrogen-bond acceptors (Lipinski definition) is 4. The molecule has 4 nitrogen and oxygen atoms in total. The molecule has 0 saturated carbocycles. The zero-order chi connectivity index (χ0) is 14.0. The molecule has 0 radical (unpaired) electrons. The fraction of sp³-hybridized carbons (Fsp3) is 0.417. The minimum absolute atomic E-state index is 0.00541. The lowest BCUT2D eigenvalue weighted by Gasteiger charge is -2.08. The maximum Gasteiger partial charge on any atom is 0.234 e. The number of hydrogen-bond donors (Lipinski definition) is 1. The van der Waals surface area contributed by atoms with E-state index in [1.54, 1.807) is 6.92 Å². The first-order valence-electron chi connectivity index (χ1n) is 5.83. The predicted octanol–water partition coefficient (Wildman–Crippen LogP) is 3.22. The van der Waals surface area contributed by atoms with Gasteiger partial charge in [0.05, 0.1) is 16.0 Å². The Balaban J connectivity index is 2.21. The Kier molecular flexibility index (Phi) is 4.32. The first-order chi connectivity index (χ1) is 8.89. The van der Waals surface area contributed by atoms with Crippen molar-refractivity contribution in [2.24, 2.45) is 5.92 Å². The second-order valence-electron chi connectivity index (χ2n) is 4.63. The highest BCUT2D eigenvalue weighted by molar-refractivity contribution is 7.92. The zero-order valence-corrected chi connectivity index (χ0v) is 13.1. The van der Waals surface area contributed by atoms with E-state index in [0.29, 0.717) is 11.0 Å². The number of nitrogens with one attached hydrogen (secondary N) is 1. The molecule has 104 valence electrons. The molecule has 2 aromatic rings. The molecule has 1 N–H and O–H groups in total. The van der Waals surface area contributed by atoms with Crippen LogP contribution in [0.15, 0.2) is 18.2 Å². The van der Waals surface area contributed by atoms with E-state index in [-0.39, 0.29) is 11.7 Å². The number of rotatable bonds is 5. The molecule has 0 spiro atoms. The molecule has 2 rings (SSSR count). The third-order valence-electron chi connectivity index (χ3n) is 2.55. The molecule has 1 aromatic heterocycles. The predicted molar refractivity (Wildman–Crippen MR) is 81.7 cm³/mol. The molecule has 1 heterocycles. The molecule has 0 aliphatic rings. The Bertz CT molecular complexity index is 682. The van der Waals surface area contributed by atoms with E-state index in [4.69, 9.17) is 11.6 Å². The van der Waals surface area contributed by atoms with Crippen molar-refractivity contribution in [2.45, 2.75) is 13.8 Å². The lowest BCUT2D eigenvalue weighted by Crippen LogP contribution is -2.21. The maximum absolute atomic E-state index is 11.9. The molecule has 7 heteroatoms. The highest BCUT2D eigenvalue weighted by Crippen LogP contribution is 2.27. The Morgan fingerprint density at radius 2 is 2.21 bits per heavy atom. The Hall–Kier alpha value is -0.850. The largest absolute Gasteiger partial charge is 0.259 e. The van der Waals surface area contributed by atoms with E-state index >= 15 is 0 Å². The Morgan fingerprint density at radius 1 is 1.47 bits per heavy atom. The van der Waals surface area contributed by atoms with Gasteiger partial charge in [-0.2, -0.15) is 0 Å². The van der Waals surface area contributed by atoms with Gasteiger partial charge in [0.1, 0.15) is 0 Å². The van der Waals surface area contributed by atoms with Gasteiger partial charge in [-0.1, -0.05) is 24.3 Å². The maximum atomic E-state index is 11.9. The van der Waals surface area contributed by atoms with Crippen LogP contribution in [0.5, 0.6) is 0 Å². The number of halogens is 1. The smallest absolute Gasteiger partial charge is 0.234 e. The summed E-state index contributed by atoms with van der Waals surface area (Å²) in [6, 6.07) is 5.84. The zero-order valence-electron chi connectivity index (χ0n) is 10.7. The monoisotopic (exact) mass is 318 g/mol. The van der Waals surface area contributed by atoms with Gasteiger partial charge >= 0.3 is 0 Å². The van der Waals surface area contributed by atoms with E-state index in [9.17, 15) is 8.42 Å². The van der Waals surface area contributed by atoms with Gasteiger partial charge in [-0.15, -0.1) is 11.6 Å². The SMILES string of the molecule is Cc1ccc2nc(NS(=O)(=O)CC(C)CCl)sc2c1. The molecular weight excluding hydrogens is 304 g/mol. The summed E-state index contributed by atoms with van der Waals surface area (Å²) in [5, 5.41) is 0.405. The number of benzene rings is 1. The van der Waals surface area contributed by atoms with Crippen molar-refractivity contribution in [1.29, 1.82) is 0 Å². The summed E-state index contributed by atoms with van der Waals surface area (Å²) in [4.78, 5) is 4.27. The van der Waals surface area contributed by atoms with Crippen LogP contribution in [0.3, 0.4) is 0 Å². The van der Waals surface area contributed by atoms with Crippen LogP contribution in [0.2, 0.25) is 0 Å². The van der Waals surface area contributed by atoms with Crippen LogP contribution in [0.4, 0.5) is 5.13 Å². The number of nitrogens with zero attached hydrogens (tertiary/aromatic N) is 1. The highest BCUT2D eigenvalue weighted by atomic mass is 35.5. The van der Waals surface area contributed by atoms with Gasteiger partial charge in [0.25, 0.3) is 0 Å². The highest BCUT2D eigenvalue weighted by Gasteiger charge is 2.17. The lowest BCUT2D eigenvalue weighted by molar-refractivity contribution is 0.588. The molecule has 19 heavy (non-hydrogen) atoms. The first kappa shape index (κ1) is 14.6. The topological polar surface area (TPSA) is 59.1 Å². The summed E-state index contributed by atoms with van der Waals surface area (Å²) in [7, 11) is -3.39. The van der Waals surface area contributed by atoms with Gasteiger partial charge in [0.15, 0.2) is 5.13 Å². The number of alkyl halides is 1. The minimum Gasteiger partial charge on any atom is -0.259 e. The molecule has 0 aliphatic carbocycles. The molecule has 1 atom stereocenters. The first-order valence-corrected chi connectivity index (χ1v) is 8.83. The van der Waals surface area contributed by atoms with E-state index < -0.39 is 10.0 Å². The van der Waals surface area contributed by atoms with Crippen molar-refractivity contribution in [2.75, 3.05) is 16.4 Å². The van der Waals surface area contributed by atoms with E-state index in [2.05, 4.69) is 9.71 Å². The summed E-state index contributed by atoms with van der Waals surface area (Å²) in [5.74, 6) is 0.238. The molecule has 0 amide bonds. The van der Waals surface area contributed by atoms with Crippen LogP contribution >= 0.6 is 22.9 Å². The fourth-order valence-corrected chi connectivity index (χ4v) is 4.53. The second-order valence-corrected chi connectivity index (χ2v) is 7.74. The van der Waals surface area contributed by atoms with E-state index in [1.165, 1.54) is 11.3 Å². The summed E-state index contributed by atoms with van der Waals surface area (Å²) < 4.78 is 27.3. The van der Waals surface area contributed by atoms with Gasteiger partial charge in [-0.05, 0) is 30.5 Å². The van der Waals surface area contributed by atoms with Crippen molar-refractivity contribution < 1.29 is 8.42 Å². The summed E-state index contributed by atoms with van der Waals surface area (Å²) in [6.07, 6.45) is 0. The lowest BCUT2D eigenvalue weighted by atomic mass is 10.2. The van der Waals surface area contributed by atoms with Gasteiger partial charge in [0.2, 0.25) is 10.0 Å². The van der Waals surface area contributed by atoms with Gasteiger partial charge in [0, 0.05) is 5.88 Å². The van der Waals surface area contributed by atoms with Crippen LogP contribution in [-0.4, -0.2) is 25.0 Å². The second kappa shape index (κ2) is 5.64. The van der Waals surface area contributed by atoms with Crippen LogP contribution < -0.4 is 4.72 Å². The van der Waals surface area contributed by atoms with Gasteiger partial charge < -0.3 is 0 Å². The van der Waals surface area contributed by atoms with Crippen LogP contribution in [0.1, 0.15) is 12.5 Å². The summed E-state index contributed by atoms with van der Waals surface area (Å²) in [5.41, 5.74) is 1.93. The quantitative estimate of drug-likeness (QED) is 0.861. The van der Waals surface area contributed by atoms with Crippen molar-refractivity contribution in [1.82, 2.24) is 4.98 Å². The molecule has 0 fully saturated rings.